The number of rotatable bonds is 4. The second-order valence-electron chi connectivity index (χ2n) is 4.10. The van der Waals surface area contributed by atoms with E-state index in [1.807, 2.05) is 24.3 Å². The van der Waals surface area contributed by atoms with Gasteiger partial charge in [0.1, 0.15) is 17.1 Å². The van der Waals surface area contributed by atoms with Crippen molar-refractivity contribution in [1.82, 2.24) is 0 Å². The largest absolute Gasteiger partial charge is 0.507 e. The van der Waals surface area contributed by atoms with Crippen molar-refractivity contribution in [2.45, 2.75) is 0 Å². The van der Waals surface area contributed by atoms with Crippen molar-refractivity contribution in [3.05, 3.63) is 64.1 Å². The Balaban J connectivity index is 2.26. The molecule has 0 heterocycles. The van der Waals surface area contributed by atoms with Crippen LogP contribution in [0.25, 0.3) is 6.08 Å². The van der Waals surface area contributed by atoms with Gasteiger partial charge in [0.2, 0.25) is 0 Å². The molecule has 0 saturated heterocycles. The molecule has 0 aliphatic heterocycles. The van der Waals surface area contributed by atoms with Gasteiger partial charge in [0, 0.05) is 4.47 Å². The average molecular weight is 333 g/mol. The van der Waals surface area contributed by atoms with Crippen molar-refractivity contribution in [3.8, 4) is 11.5 Å². The van der Waals surface area contributed by atoms with E-state index in [2.05, 4.69) is 15.9 Å². The van der Waals surface area contributed by atoms with Crippen LogP contribution in [0.15, 0.2) is 53.0 Å². The third-order valence-corrected chi connectivity index (χ3v) is 3.30. The van der Waals surface area contributed by atoms with Gasteiger partial charge >= 0.3 is 0 Å². The normalized spacial score (nSPS) is 10.7. The maximum atomic E-state index is 12.1. The first-order valence-electron chi connectivity index (χ1n) is 5.96. The topological polar surface area (TPSA) is 46.5 Å². The highest BCUT2D eigenvalue weighted by atomic mass is 79.9. The van der Waals surface area contributed by atoms with Crippen molar-refractivity contribution in [3.63, 3.8) is 0 Å². The Morgan fingerprint density at radius 2 is 1.90 bits per heavy atom. The summed E-state index contributed by atoms with van der Waals surface area (Å²) in [5.41, 5.74) is 1.07. The van der Waals surface area contributed by atoms with Gasteiger partial charge in [-0.05, 0) is 35.9 Å². The molecule has 0 unspecified atom stereocenters. The number of aromatic hydroxyl groups is 1. The van der Waals surface area contributed by atoms with Gasteiger partial charge in [-0.3, -0.25) is 4.79 Å². The van der Waals surface area contributed by atoms with E-state index in [1.165, 1.54) is 19.3 Å². The molecule has 0 fully saturated rings. The highest BCUT2D eigenvalue weighted by molar-refractivity contribution is 9.10. The number of allylic oxidation sites excluding steroid dienone is 1. The van der Waals surface area contributed by atoms with E-state index in [1.54, 1.807) is 18.2 Å². The van der Waals surface area contributed by atoms with E-state index < -0.39 is 0 Å². The summed E-state index contributed by atoms with van der Waals surface area (Å²) >= 11 is 3.35. The summed E-state index contributed by atoms with van der Waals surface area (Å²) in [7, 11) is 1.46. The van der Waals surface area contributed by atoms with Gasteiger partial charge in [-0.25, -0.2) is 0 Å². The van der Waals surface area contributed by atoms with Crippen LogP contribution < -0.4 is 4.74 Å². The number of methoxy groups -OCH3 is 1. The maximum absolute atomic E-state index is 12.1. The molecule has 102 valence electrons. The van der Waals surface area contributed by atoms with E-state index in [0.717, 1.165) is 10.0 Å². The second-order valence-corrected chi connectivity index (χ2v) is 5.02. The summed E-state index contributed by atoms with van der Waals surface area (Å²) in [4.78, 5) is 12.1. The minimum absolute atomic E-state index is 0.0881. The Morgan fingerprint density at radius 3 is 2.55 bits per heavy atom. The number of hydrogen-bond donors (Lipinski definition) is 1. The zero-order chi connectivity index (χ0) is 14.5. The molecule has 0 radical (unpaired) electrons. The lowest BCUT2D eigenvalue weighted by molar-refractivity contribution is 0.104. The molecule has 0 amide bonds. The van der Waals surface area contributed by atoms with Crippen LogP contribution in [-0.4, -0.2) is 18.0 Å². The average Bonchev–Trinajstić information content (AvgIpc) is 2.46. The van der Waals surface area contributed by atoms with Gasteiger partial charge in [-0.15, -0.1) is 0 Å². The van der Waals surface area contributed by atoms with Crippen molar-refractivity contribution >= 4 is 27.8 Å². The summed E-state index contributed by atoms with van der Waals surface area (Å²) in [6, 6.07) is 12.3. The number of phenolic OH excluding ortho intramolecular Hbond substituents is 1. The highest BCUT2D eigenvalue weighted by Gasteiger charge is 2.14. The molecule has 0 atom stereocenters. The summed E-state index contributed by atoms with van der Waals surface area (Å²) in [5.74, 6) is -0.0341. The molecule has 3 nitrogen and oxygen atoms in total. The standard InChI is InChI=1S/C16H13BrO3/c1-20-15-4-2-3-13(18)16(15)14(19)10-7-11-5-8-12(17)9-6-11/h2-10,18H,1H3/b10-7+. The van der Waals surface area contributed by atoms with Gasteiger partial charge in [-0.2, -0.15) is 0 Å². The van der Waals surface area contributed by atoms with Crippen molar-refractivity contribution in [2.24, 2.45) is 0 Å². The number of halogens is 1. The number of benzene rings is 2. The minimum Gasteiger partial charge on any atom is -0.507 e. The molecule has 0 aliphatic rings. The van der Waals surface area contributed by atoms with Gasteiger partial charge in [0.15, 0.2) is 5.78 Å². The number of phenols is 1. The zero-order valence-electron chi connectivity index (χ0n) is 10.8. The third kappa shape index (κ3) is 3.27. The van der Waals surface area contributed by atoms with Gasteiger partial charge < -0.3 is 9.84 Å². The first kappa shape index (κ1) is 14.3. The van der Waals surface area contributed by atoms with E-state index in [-0.39, 0.29) is 17.1 Å². The monoisotopic (exact) mass is 332 g/mol. The van der Waals surface area contributed by atoms with Crippen LogP contribution in [0.3, 0.4) is 0 Å². The molecule has 0 bridgehead atoms. The van der Waals surface area contributed by atoms with E-state index in [9.17, 15) is 9.90 Å². The number of carbonyl (C=O) groups excluding carboxylic acids is 1. The van der Waals surface area contributed by atoms with Gasteiger partial charge in [-0.1, -0.05) is 40.2 Å². The molecule has 0 aliphatic carbocycles. The fraction of sp³-hybridized carbons (Fsp3) is 0.0625. The first-order valence-corrected chi connectivity index (χ1v) is 6.75. The molecule has 2 aromatic rings. The second kappa shape index (κ2) is 6.39. The fourth-order valence-electron chi connectivity index (χ4n) is 1.77. The number of ketones is 1. The quantitative estimate of drug-likeness (QED) is 0.678. The first-order chi connectivity index (χ1) is 9.61. The van der Waals surface area contributed by atoms with E-state index >= 15 is 0 Å². The summed E-state index contributed by atoms with van der Waals surface area (Å²) in [5, 5.41) is 9.79. The Bertz CT molecular complexity index is 645. The number of carbonyl (C=O) groups is 1. The molecule has 2 aromatic carbocycles. The van der Waals surface area contributed by atoms with E-state index in [0.29, 0.717) is 5.75 Å². The molecular weight excluding hydrogens is 320 g/mol. The number of ether oxygens (including phenoxy) is 1. The van der Waals surface area contributed by atoms with Crippen LogP contribution in [-0.2, 0) is 0 Å². The minimum atomic E-state index is -0.303. The van der Waals surface area contributed by atoms with Gasteiger partial charge in [0.25, 0.3) is 0 Å². The van der Waals surface area contributed by atoms with Crippen molar-refractivity contribution < 1.29 is 14.6 Å². The lowest BCUT2D eigenvalue weighted by atomic mass is 10.1. The summed E-state index contributed by atoms with van der Waals surface area (Å²) in [6.45, 7) is 0. The lowest BCUT2D eigenvalue weighted by Gasteiger charge is -2.07. The van der Waals surface area contributed by atoms with Gasteiger partial charge in [0.05, 0.1) is 7.11 Å². The Hall–Kier alpha value is -2.07. The van der Waals surface area contributed by atoms with E-state index in [4.69, 9.17) is 4.74 Å². The molecule has 0 spiro atoms. The molecule has 0 aromatic heterocycles. The van der Waals surface area contributed by atoms with Crippen LogP contribution in [0, 0.1) is 0 Å². The van der Waals surface area contributed by atoms with Crippen LogP contribution in [0.5, 0.6) is 11.5 Å². The lowest BCUT2D eigenvalue weighted by Crippen LogP contribution is -1.99. The van der Waals surface area contributed by atoms with Crippen LogP contribution in [0.4, 0.5) is 0 Å². The molecule has 0 saturated carbocycles. The molecule has 4 heteroatoms. The van der Waals surface area contributed by atoms with Crippen molar-refractivity contribution in [2.75, 3.05) is 7.11 Å². The fourth-order valence-corrected chi connectivity index (χ4v) is 2.03. The smallest absolute Gasteiger partial charge is 0.193 e. The van der Waals surface area contributed by atoms with Crippen molar-refractivity contribution in [1.29, 1.82) is 0 Å². The predicted octanol–water partition coefficient (Wildman–Crippen LogP) is 4.06. The predicted molar refractivity (Wildman–Crippen MR) is 82.2 cm³/mol. The van der Waals surface area contributed by atoms with Crippen LogP contribution >= 0.6 is 15.9 Å². The zero-order valence-corrected chi connectivity index (χ0v) is 12.4. The maximum Gasteiger partial charge on any atom is 0.193 e. The SMILES string of the molecule is COc1cccc(O)c1C(=O)/C=C/c1ccc(Br)cc1. The molecule has 1 N–H and O–H groups in total. The molecule has 20 heavy (non-hydrogen) atoms. The summed E-state index contributed by atoms with van der Waals surface area (Å²) in [6.07, 6.45) is 3.11. The summed E-state index contributed by atoms with van der Waals surface area (Å²) < 4.78 is 6.07. The number of hydrogen-bond acceptors (Lipinski definition) is 3. The Kier molecular flexibility index (Phi) is 4.58. The Labute approximate surface area is 125 Å². The molecular formula is C16H13BrO3. The van der Waals surface area contributed by atoms with Crippen LogP contribution in [0.1, 0.15) is 15.9 Å². The molecule has 2 rings (SSSR count). The highest BCUT2D eigenvalue weighted by Crippen LogP contribution is 2.28. The third-order valence-electron chi connectivity index (χ3n) is 2.77. The van der Waals surface area contributed by atoms with Crippen LogP contribution in [0.2, 0.25) is 0 Å². The Morgan fingerprint density at radius 1 is 1.20 bits per heavy atom.